The van der Waals surface area contributed by atoms with Crippen molar-refractivity contribution in [3.8, 4) is 0 Å². The highest BCUT2D eigenvalue weighted by Crippen LogP contribution is 2.53. The van der Waals surface area contributed by atoms with E-state index in [1.165, 1.54) is 35.0 Å². The van der Waals surface area contributed by atoms with Gasteiger partial charge in [0.15, 0.2) is 33.5 Å². The first-order valence-corrected chi connectivity index (χ1v) is 17.2. The largest absolute Gasteiger partial charge is 0.381 e. The van der Waals surface area contributed by atoms with Crippen molar-refractivity contribution >= 4 is 75.6 Å². The van der Waals surface area contributed by atoms with Crippen molar-refractivity contribution in [2.45, 2.75) is 69.7 Å². The average molecular weight is 701 g/mol. The summed E-state index contributed by atoms with van der Waals surface area (Å²) in [5.41, 5.74) is 3.69. The second kappa shape index (κ2) is 12.0. The van der Waals surface area contributed by atoms with Gasteiger partial charge in [-0.25, -0.2) is 14.8 Å². The van der Waals surface area contributed by atoms with E-state index in [4.69, 9.17) is 16.4 Å². The number of aryl methyl sites for hydroxylation is 2. The second-order valence-electron chi connectivity index (χ2n) is 12.3. The number of halogens is 1. The van der Waals surface area contributed by atoms with Gasteiger partial charge in [-0.2, -0.15) is 0 Å². The molecule has 3 atom stereocenters. The minimum atomic E-state index is -1.40. The van der Waals surface area contributed by atoms with Gasteiger partial charge in [-0.1, -0.05) is 34.6 Å². The molecule has 1 saturated carbocycles. The summed E-state index contributed by atoms with van der Waals surface area (Å²) in [5, 5.41) is 7.34. The number of benzene rings is 1. The summed E-state index contributed by atoms with van der Waals surface area (Å²) in [6, 6.07) is 2.77. The molecule has 0 radical (unpaired) electrons. The normalized spacial score (nSPS) is 24.6. The van der Waals surface area contributed by atoms with E-state index in [-0.39, 0.29) is 59.8 Å². The highest BCUT2D eigenvalue weighted by Gasteiger charge is 2.64. The molecule has 13 nitrogen and oxygen atoms in total. The van der Waals surface area contributed by atoms with Crippen LogP contribution in [0.25, 0.3) is 0 Å². The van der Waals surface area contributed by atoms with Crippen molar-refractivity contribution in [1.29, 1.82) is 0 Å². The van der Waals surface area contributed by atoms with Gasteiger partial charge in [-0.3, -0.25) is 34.3 Å². The molecule has 1 aromatic heterocycles. The number of nitrogens with zero attached hydrogens (tertiary/aromatic N) is 5. The minimum Gasteiger partial charge on any atom is -0.381 e. The molecule has 6 rings (SSSR count). The molecular weight excluding hydrogens is 668 g/mol. The van der Waals surface area contributed by atoms with E-state index in [0.717, 1.165) is 27.9 Å². The maximum atomic E-state index is 13.6. The van der Waals surface area contributed by atoms with E-state index in [9.17, 15) is 28.8 Å². The van der Waals surface area contributed by atoms with Crippen LogP contribution in [-0.2, 0) is 24.0 Å². The Kier molecular flexibility index (Phi) is 8.46. The number of amides is 4. The molecule has 4 fully saturated rings. The number of carbonyl (C=O) groups excluding carboxylic acids is 6. The predicted octanol–water partition coefficient (Wildman–Crippen LogP) is 3.42. The summed E-state index contributed by atoms with van der Waals surface area (Å²) in [7, 11) is 0. The highest BCUT2D eigenvalue weighted by atomic mass is 35.5. The van der Waals surface area contributed by atoms with E-state index in [1.807, 2.05) is 6.92 Å². The molecule has 4 aliphatic rings. The third-order valence-corrected chi connectivity index (χ3v) is 12.4. The van der Waals surface area contributed by atoms with Crippen molar-refractivity contribution in [3.63, 3.8) is 0 Å². The number of fused-ring (bicyclic) bond motifs is 1. The highest BCUT2D eigenvalue weighted by molar-refractivity contribution is 8.02. The quantitative estimate of drug-likeness (QED) is 0.211. The first-order valence-electron chi connectivity index (χ1n) is 15.1. The molecule has 3 aliphatic heterocycles. The number of thiazole rings is 1. The van der Waals surface area contributed by atoms with Gasteiger partial charge >= 0.3 is 6.03 Å². The smallest absolute Gasteiger partial charge is 0.340 e. The third kappa shape index (κ3) is 5.61. The van der Waals surface area contributed by atoms with Crippen molar-refractivity contribution in [1.82, 2.24) is 25.2 Å². The molecule has 0 spiro atoms. The molecule has 1 aromatic carbocycles. The van der Waals surface area contributed by atoms with E-state index >= 15 is 0 Å². The summed E-state index contributed by atoms with van der Waals surface area (Å²) in [6.07, 6.45) is 0.779. The van der Waals surface area contributed by atoms with Crippen molar-refractivity contribution in [2.24, 2.45) is 11.1 Å². The topological polar surface area (TPSA) is 159 Å². The zero-order valence-electron chi connectivity index (χ0n) is 26.4. The van der Waals surface area contributed by atoms with Gasteiger partial charge in [-0.15, -0.1) is 11.3 Å². The van der Waals surface area contributed by atoms with Crippen LogP contribution >= 0.6 is 34.7 Å². The monoisotopic (exact) mass is 700 g/mol. The van der Waals surface area contributed by atoms with E-state index in [0.29, 0.717) is 23.5 Å². The lowest BCUT2D eigenvalue weighted by molar-refractivity contribution is -0.151. The first kappa shape index (κ1) is 33.1. The number of aromatic nitrogens is 1. The maximum absolute atomic E-state index is 13.6. The van der Waals surface area contributed by atoms with Crippen LogP contribution < -0.4 is 5.43 Å². The van der Waals surface area contributed by atoms with E-state index < -0.39 is 39.5 Å². The Bertz CT molecular complexity index is 1770. The van der Waals surface area contributed by atoms with Crippen LogP contribution in [0.5, 0.6) is 0 Å². The molecule has 1 N–H and O–H groups in total. The number of Topliss-reactive ketones (excluding diaryl/α,β-unsaturated/α-hetero) is 3. The number of rotatable bonds is 11. The van der Waals surface area contributed by atoms with Crippen molar-refractivity contribution in [2.75, 3.05) is 19.6 Å². The Morgan fingerprint density at radius 2 is 1.83 bits per heavy atom. The summed E-state index contributed by atoms with van der Waals surface area (Å²) < 4.78 is 0. The molecular formula is C31H33ClN6O7S2. The molecule has 4 amide bonds. The van der Waals surface area contributed by atoms with Crippen molar-refractivity contribution in [3.05, 3.63) is 49.9 Å². The molecule has 4 heterocycles. The average Bonchev–Trinajstić information content (AvgIpc) is 3.36. The predicted molar refractivity (Wildman–Crippen MR) is 174 cm³/mol. The van der Waals surface area contributed by atoms with Crippen LogP contribution in [0.2, 0.25) is 5.02 Å². The lowest BCUT2D eigenvalue weighted by atomic mass is 9.90. The Morgan fingerprint density at radius 1 is 1.11 bits per heavy atom. The van der Waals surface area contributed by atoms with Gasteiger partial charge in [0.1, 0.15) is 5.69 Å². The van der Waals surface area contributed by atoms with Crippen LogP contribution in [-0.4, -0.2) is 96.2 Å². The molecule has 1 aliphatic carbocycles. The fraction of sp³-hybridized carbons (Fsp3) is 0.484. The van der Waals surface area contributed by atoms with Crippen LogP contribution in [0.1, 0.15) is 65.3 Å². The van der Waals surface area contributed by atoms with Gasteiger partial charge in [0.2, 0.25) is 5.91 Å². The summed E-state index contributed by atoms with van der Waals surface area (Å²) in [5.74, 6) is -2.65. The van der Waals surface area contributed by atoms with Gasteiger partial charge in [0.05, 0.1) is 40.0 Å². The fourth-order valence-electron chi connectivity index (χ4n) is 5.98. The molecule has 1 unspecified atom stereocenters. The number of urea groups is 1. The Labute approximate surface area is 284 Å². The summed E-state index contributed by atoms with van der Waals surface area (Å²) in [6.45, 7) is 8.42. The number of carbonyl (C=O) groups is 6. The van der Waals surface area contributed by atoms with Gasteiger partial charge < -0.3 is 9.74 Å². The van der Waals surface area contributed by atoms with Crippen LogP contribution in [0.3, 0.4) is 0 Å². The van der Waals surface area contributed by atoms with Gasteiger partial charge in [0, 0.05) is 31.2 Å². The molecule has 248 valence electrons. The molecule has 0 bridgehead atoms. The lowest BCUT2D eigenvalue weighted by Gasteiger charge is -2.41. The van der Waals surface area contributed by atoms with Gasteiger partial charge in [-0.05, 0) is 51.8 Å². The summed E-state index contributed by atoms with van der Waals surface area (Å²) in [4.78, 5) is 90.4. The van der Waals surface area contributed by atoms with Gasteiger partial charge in [0.25, 0.3) is 5.91 Å². The van der Waals surface area contributed by atoms with E-state index in [1.54, 1.807) is 31.4 Å². The second-order valence-corrected chi connectivity index (χ2v) is 15.1. The minimum absolute atomic E-state index is 0.0474. The van der Waals surface area contributed by atoms with Crippen molar-refractivity contribution < 1.29 is 33.6 Å². The number of thioether (sulfide) groups is 1. The number of hydrazine groups is 1. The lowest BCUT2D eigenvalue weighted by Crippen LogP contribution is -2.59. The Morgan fingerprint density at radius 3 is 2.45 bits per heavy atom. The fourth-order valence-corrected chi connectivity index (χ4v) is 8.63. The number of oxime groups is 1. The third-order valence-electron chi connectivity index (χ3n) is 9.27. The molecule has 3 saturated heterocycles. The number of nitrogens with one attached hydrogen (secondary N) is 1. The van der Waals surface area contributed by atoms with Crippen LogP contribution in [0, 0.1) is 26.7 Å². The number of ketones is 3. The van der Waals surface area contributed by atoms with Crippen LogP contribution in [0.4, 0.5) is 4.79 Å². The van der Waals surface area contributed by atoms with E-state index in [2.05, 4.69) is 15.6 Å². The first-order chi connectivity index (χ1) is 22.2. The zero-order chi connectivity index (χ0) is 34.0. The maximum Gasteiger partial charge on any atom is 0.340 e. The Balaban J connectivity index is 1.17. The number of hydrogen-bond acceptors (Lipinski definition) is 11. The molecule has 47 heavy (non-hydrogen) atoms. The standard InChI is InChI=1S/C31H33ClN6O7S2/c1-15-6-7-20(24(32)16(15)2)26(42)34-38-11-10-37(29(38)44)31(18(4)40)14-36-27(43)21(28(36)47-31)12-23(41)25(22-13-46-19(5)33-22)35-45-30(8-9-30)17(3)39/h6-7,13,21,28H,8-12,14H2,1-5H3,(H,34,42)/b35-25-/t21-,28?,31-/m1/s1. The zero-order valence-corrected chi connectivity index (χ0v) is 28.8. The number of β-lactam (4-membered cyclic amide) rings is 1. The number of hydrogen-bond donors (Lipinski definition) is 1. The molecule has 16 heteroatoms. The molecule has 2 aromatic rings. The SMILES string of the molecule is CC(=O)C1(O/N=C(\C(=O)C[C@@H]2C(=O)N3C[C@@](C(C)=O)(N4CCN(NC(=O)c5ccc(C)c(C)c5Cl)C4=O)SC23)c2csc(C)n2)CC1. The summed E-state index contributed by atoms with van der Waals surface area (Å²) >= 11 is 8.89. The van der Waals surface area contributed by atoms with Crippen LogP contribution in [0.15, 0.2) is 22.7 Å². The Hall–Kier alpha value is -3.82.